The van der Waals surface area contributed by atoms with Gasteiger partial charge in [0.1, 0.15) is 24.1 Å². The van der Waals surface area contributed by atoms with Gasteiger partial charge < -0.3 is 51.4 Å². The lowest BCUT2D eigenvalue weighted by Gasteiger charge is -2.30. The van der Waals surface area contributed by atoms with Crippen molar-refractivity contribution in [3.63, 3.8) is 0 Å². The first-order chi connectivity index (χ1) is 27.4. The molecule has 4 rings (SSSR count). The second-order valence-electron chi connectivity index (χ2n) is 14.3. The normalized spacial score (nSPS) is 16.3. The maximum Gasteiger partial charge on any atom is 0.396 e. The van der Waals surface area contributed by atoms with E-state index in [0.29, 0.717) is 60.2 Å². The standard InChI is InChI=1S/C38H49ClN7O11P/c1-22(42-36(51)30-18-26-17-25(9-12-29(26)44-30)38(53)58(54,55)56)19-45(23(2)48)16-15-28-11-13-31(46(28)21-47)37(52)43-27(10-14-34(41)50)20-57-32-7-3-5-24(35(32)39)6-4-8-33(40)49/h3,5,7,9,12,17-18,21-22,27-28,31,44H,4,6,8,10-11,13-16,19-20H2,1-2H3,(H2,40,49)(H2,41,50)(H,42,51)(H,43,52)(H2,54,55,56)/t22?,27?,28-,31?/m1/s1. The molecule has 18 nitrogen and oxygen atoms in total. The second kappa shape index (κ2) is 20.4. The van der Waals surface area contributed by atoms with Crippen LogP contribution < -0.4 is 26.8 Å². The van der Waals surface area contributed by atoms with Crippen molar-refractivity contribution in [2.45, 2.75) is 89.4 Å². The topological polar surface area (TPSA) is 285 Å². The molecule has 9 N–H and O–H groups in total. The molecule has 4 atom stereocenters. The Balaban J connectivity index is 1.33. The summed E-state index contributed by atoms with van der Waals surface area (Å²) in [7, 11) is -4.99. The number of carbonyl (C=O) groups excluding carboxylic acids is 7. The number of fused-ring (bicyclic) bond motifs is 1. The van der Waals surface area contributed by atoms with Crippen LogP contribution in [0.2, 0.25) is 5.02 Å². The number of H-pyrrole nitrogens is 1. The number of benzene rings is 2. The zero-order valence-corrected chi connectivity index (χ0v) is 33.8. The number of primary amides is 2. The van der Waals surface area contributed by atoms with Gasteiger partial charge in [-0.05, 0) is 81.3 Å². The monoisotopic (exact) mass is 845 g/mol. The van der Waals surface area contributed by atoms with Crippen molar-refractivity contribution in [3.8, 4) is 5.75 Å². The number of nitrogens with two attached hydrogens (primary N) is 2. The first-order valence-electron chi connectivity index (χ1n) is 18.7. The number of ether oxygens (including phenoxy) is 1. The van der Waals surface area contributed by atoms with Crippen molar-refractivity contribution >= 4 is 71.6 Å². The van der Waals surface area contributed by atoms with E-state index in [4.69, 9.17) is 27.8 Å². The highest BCUT2D eigenvalue weighted by atomic mass is 35.5. The number of aromatic nitrogens is 1. The van der Waals surface area contributed by atoms with Crippen LogP contribution in [0.15, 0.2) is 42.5 Å². The van der Waals surface area contributed by atoms with E-state index >= 15 is 0 Å². The number of hydrogen-bond donors (Lipinski definition) is 7. The molecule has 1 fully saturated rings. The number of aryl methyl sites for hydroxylation is 1. The maximum absolute atomic E-state index is 13.6. The smallest absolute Gasteiger partial charge is 0.396 e. The zero-order chi connectivity index (χ0) is 42.7. The van der Waals surface area contributed by atoms with Crippen LogP contribution in [0.5, 0.6) is 5.75 Å². The van der Waals surface area contributed by atoms with Gasteiger partial charge in [0.05, 0.1) is 11.1 Å². The molecule has 1 aromatic heterocycles. The quantitative estimate of drug-likeness (QED) is 0.0568. The zero-order valence-electron chi connectivity index (χ0n) is 32.1. The van der Waals surface area contributed by atoms with Gasteiger partial charge in [0.15, 0.2) is 0 Å². The highest BCUT2D eigenvalue weighted by Crippen LogP contribution is 2.39. The van der Waals surface area contributed by atoms with Crippen LogP contribution in [0.4, 0.5) is 0 Å². The summed E-state index contributed by atoms with van der Waals surface area (Å²) in [5.41, 5.74) is 10.4. The van der Waals surface area contributed by atoms with E-state index in [9.17, 15) is 47.9 Å². The van der Waals surface area contributed by atoms with E-state index in [1.54, 1.807) is 25.1 Å². The average molecular weight is 846 g/mol. The van der Waals surface area contributed by atoms with Crippen LogP contribution >= 0.6 is 19.2 Å². The van der Waals surface area contributed by atoms with E-state index in [-0.39, 0.29) is 62.2 Å². The van der Waals surface area contributed by atoms with Gasteiger partial charge in [-0.25, -0.2) is 0 Å². The molecule has 0 saturated carbocycles. The minimum absolute atomic E-state index is 0.0355. The lowest BCUT2D eigenvalue weighted by molar-refractivity contribution is -0.133. The van der Waals surface area contributed by atoms with Gasteiger partial charge in [-0.15, -0.1) is 0 Å². The summed E-state index contributed by atoms with van der Waals surface area (Å²) in [6.07, 6.45) is 3.12. The van der Waals surface area contributed by atoms with Gasteiger partial charge in [0.25, 0.3) is 11.4 Å². The Morgan fingerprint density at radius 2 is 1.79 bits per heavy atom. The van der Waals surface area contributed by atoms with Crippen molar-refractivity contribution in [2.75, 3.05) is 19.7 Å². The summed E-state index contributed by atoms with van der Waals surface area (Å²) in [5.74, 6) is -1.86. The van der Waals surface area contributed by atoms with E-state index in [0.717, 1.165) is 5.56 Å². The van der Waals surface area contributed by atoms with Gasteiger partial charge in [0.2, 0.25) is 30.0 Å². The maximum atomic E-state index is 13.6. The Morgan fingerprint density at radius 1 is 1.07 bits per heavy atom. The number of nitrogens with one attached hydrogen (secondary N) is 3. The third kappa shape index (κ3) is 12.6. The summed E-state index contributed by atoms with van der Waals surface area (Å²) < 4.78 is 17.4. The second-order valence-corrected chi connectivity index (χ2v) is 16.2. The molecular formula is C38H49ClN7O11P. The SMILES string of the molecule is CC(=O)N(CC[C@H]1CCC(C(=O)NC(CCC(N)=O)COc2cccc(CCCC(N)=O)c2Cl)N1C=O)CC(C)NC(=O)c1cc2cc(C(=O)P(=O)(O)O)ccc2[nH]1. The largest absolute Gasteiger partial charge is 0.490 e. The van der Waals surface area contributed by atoms with Crippen molar-refractivity contribution in [1.82, 2.24) is 25.4 Å². The molecule has 58 heavy (non-hydrogen) atoms. The minimum Gasteiger partial charge on any atom is -0.490 e. The number of halogens is 1. The Kier molecular flexibility index (Phi) is 16.0. The molecular weight excluding hydrogens is 797 g/mol. The van der Waals surface area contributed by atoms with Crippen molar-refractivity contribution in [2.24, 2.45) is 11.5 Å². The van der Waals surface area contributed by atoms with Crippen LogP contribution in [0.3, 0.4) is 0 Å². The number of rotatable bonds is 22. The lowest BCUT2D eigenvalue weighted by Crippen LogP contribution is -2.50. The third-order valence-electron chi connectivity index (χ3n) is 9.84. The van der Waals surface area contributed by atoms with Crippen LogP contribution in [0, 0.1) is 0 Å². The molecule has 3 aromatic rings. The number of carbonyl (C=O) groups is 7. The van der Waals surface area contributed by atoms with Crippen LogP contribution in [-0.2, 0) is 35.0 Å². The number of amides is 6. The average Bonchev–Trinajstić information content (AvgIpc) is 3.78. The van der Waals surface area contributed by atoms with E-state index in [1.165, 1.54) is 41.0 Å². The molecule has 20 heteroatoms. The Morgan fingerprint density at radius 3 is 2.45 bits per heavy atom. The van der Waals surface area contributed by atoms with Gasteiger partial charge in [-0.2, -0.15) is 0 Å². The summed E-state index contributed by atoms with van der Waals surface area (Å²) >= 11 is 6.56. The number of aromatic amines is 1. The summed E-state index contributed by atoms with van der Waals surface area (Å²) in [6.45, 7) is 3.38. The predicted octanol–water partition coefficient (Wildman–Crippen LogP) is 2.12. The fourth-order valence-electron chi connectivity index (χ4n) is 6.85. The third-order valence-corrected chi connectivity index (χ3v) is 11.1. The summed E-state index contributed by atoms with van der Waals surface area (Å²) in [5, 5.41) is 6.44. The van der Waals surface area contributed by atoms with E-state index in [1.807, 2.05) is 0 Å². The fraction of sp³-hybridized carbons (Fsp3) is 0.447. The highest BCUT2D eigenvalue weighted by Gasteiger charge is 2.38. The predicted molar refractivity (Wildman–Crippen MR) is 213 cm³/mol. The molecule has 1 aliphatic heterocycles. The molecule has 6 amide bonds. The summed E-state index contributed by atoms with van der Waals surface area (Å²) in [6, 6.07) is 8.23. The molecule has 0 bridgehead atoms. The molecule has 1 saturated heterocycles. The highest BCUT2D eigenvalue weighted by molar-refractivity contribution is 7.70. The molecule has 3 unspecified atom stereocenters. The van der Waals surface area contributed by atoms with Gasteiger partial charge in [-0.1, -0.05) is 23.7 Å². The lowest BCUT2D eigenvalue weighted by atomic mass is 10.1. The molecule has 2 heterocycles. The molecule has 314 valence electrons. The molecule has 0 spiro atoms. The first-order valence-corrected chi connectivity index (χ1v) is 20.7. The van der Waals surface area contributed by atoms with Crippen molar-refractivity contribution in [1.29, 1.82) is 0 Å². The molecule has 0 radical (unpaired) electrons. The van der Waals surface area contributed by atoms with Crippen LogP contribution in [-0.4, -0.2) is 110 Å². The fourth-order valence-corrected chi connectivity index (χ4v) is 7.60. The van der Waals surface area contributed by atoms with Crippen LogP contribution in [0.25, 0.3) is 10.9 Å². The Hall–Kier alpha value is -5.29. The van der Waals surface area contributed by atoms with E-state index in [2.05, 4.69) is 15.6 Å². The van der Waals surface area contributed by atoms with E-state index < -0.39 is 54.9 Å². The van der Waals surface area contributed by atoms with Crippen LogP contribution in [0.1, 0.15) is 85.2 Å². The molecule has 0 aliphatic carbocycles. The van der Waals surface area contributed by atoms with Gasteiger partial charge in [-0.3, -0.25) is 38.1 Å². The Labute approximate surface area is 339 Å². The molecule has 1 aliphatic rings. The number of hydrogen-bond acceptors (Lipinski definition) is 9. The first kappa shape index (κ1) is 45.4. The van der Waals surface area contributed by atoms with Crippen molar-refractivity contribution < 1.29 is 52.7 Å². The minimum atomic E-state index is -4.99. The summed E-state index contributed by atoms with van der Waals surface area (Å²) in [4.78, 5) is 111. The van der Waals surface area contributed by atoms with Crippen molar-refractivity contribution in [3.05, 3.63) is 64.3 Å². The molecule has 2 aromatic carbocycles. The number of nitrogens with zero attached hydrogens (tertiary/aromatic N) is 2. The van der Waals surface area contributed by atoms with Gasteiger partial charge >= 0.3 is 7.60 Å². The Bertz CT molecular complexity index is 2070. The number of likely N-dealkylation sites (tertiary alicyclic amines) is 1. The van der Waals surface area contributed by atoms with Gasteiger partial charge in [0, 0.05) is 61.4 Å².